The van der Waals surface area contributed by atoms with Gasteiger partial charge in [0.05, 0.1) is 0 Å². The molecule has 1 aliphatic rings. The van der Waals surface area contributed by atoms with Gasteiger partial charge >= 0.3 is 0 Å². The lowest BCUT2D eigenvalue weighted by atomic mass is 10.0. The van der Waals surface area contributed by atoms with E-state index in [0.29, 0.717) is 6.04 Å². The van der Waals surface area contributed by atoms with E-state index >= 15 is 0 Å². The lowest BCUT2D eigenvalue weighted by Crippen LogP contribution is -2.38. The van der Waals surface area contributed by atoms with Crippen molar-refractivity contribution in [3.63, 3.8) is 0 Å². The maximum atomic E-state index is 5.48. The second kappa shape index (κ2) is 7.12. The molecule has 0 aromatic heterocycles. The lowest BCUT2D eigenvalue weighted by Gasteiger charge is -2.34. The van der Waals surface area contributed by atoms with Crippen LogP contribution in [0.1, 0.15) is 39.2 Å². The standard InChI is InChI=1S/C17H27BrN2O/c1-17(2,3)19-12-13-11-14(18)5-6-16(13)20(4)15-7-9-21-10-8-15/h5-6,11,15,19H,7-10,12H2,1-4H3. The molecule has 0 atom stereocenters. The van der Waals surface area contributed by atoms with E-state index in [4.69, 9.17) is 4.74 Å². The summed E-state index contributed by atoms with van der Waals surface area (Å²) in [7, 11) is 2.21. The summed E-state index contributed by atoms with van der Waals surface area (Å²) in [4.78, 5) is 2.43. The molecular formula is C17H27BrN2O. The molecule has 118 valence electrons. The van der Waals surface area contributed by atoms with Gasteiger partial charge in [0.1, 0.15) is 0 Å². The average molecular weight is 355 g/mol. The zero-order valence-corrected chi connectivity index (χ0v) is 15.2. The molecule has 0 spiro atoms. The van der Waals surface area contributed by atoms with Crippen molar-refractivity contribution in [3.05, 3.63) is 28.2 Å². The van der Waals surface area contributed by atoms with Gasteiger partial charge in [0, 0.05) is 48.5 Å². The molecule has 0 aliphatic carbocycles. The molecule has 2 rings (SSSR count). The van der Waals surface area contributed by atoms with Gasteiger partial charge in [-0.15, -0.1) is 0 Å². The number of hydrogen-bond acceptors (Lipinski definition) is 3. The monoisotopic (exact) mass is 354 g/mol. The molecule has 1 N–H and O–H groups in total. The second-order valence-corrected chi connectivity index (χ2v) is 7.75. The number of nitrogens with zero attached hydrogens (tertiary/aromatic N) is 1. The molecule has 1 saturated heterocycles. The molecule has 1 aromatic carbocycles. The molecule has 1 fully saturated rings. The van der Waals surface area contributed by atoms with Crippen LogP contribution in [0.3, 0.4) is 0 Å². The minimum atomic E-state index is 0.122. The van der Waals surface area contributed by atoms with Crippen LogP contribution in [0.5, 0.6) is 0 Å². The van der Waals surface area contributed by atoms with E-state index in [1.807, 2.05) is 0 Å². The van der Waals surface area contributed by atoms with Crippen molar-refractivity contribution in [2.24, 2.45) is 0 Å². The molecule has 1 aromatic rings. The van der Waals surface area contributed by atoms with E-state index in [9.17, 15) is 0 Å². The van der Waals surface area contributed by atoms with Crippen molar-refractivity contribution in [1.29, 1.82) is 0 Å². The van der Waals surface area contributed by atoms with Crippen molar-refractivity contribution in [2.45, 2.75) is 51.7 Å². The van der Waals surface area contributed by atoms with Crippen molar-refractivity contribution in [1.82, 2.24) is 5.32 Å². The SMILES string of the molecule is CN(c1ccc(Br)cc1CNC(C)(C)C)C1CCOCC1. The largest absolute Gasteiger partial charge is 0.381 e. The van der Waals surface area contributed by atoms with Gasteiger partial charge in [0.15, 0.2) is 0 Å². The van der Waals surface area contributed by atoms with E-state index in [1.165, 1.54) is 11.3 Å². The third-order valence-corrected chi connectivity index (χ3v) is 4.46. The van der Waals surface area contributed by atoms with Crippen molar-refractivity contribution in [3.8, 4) is 0 Å². The first-order valence-electron chi connectivity index (χ1n) is 7.71. The Hall–Kier alpha value is -0.580. The Bertz CT molecular complexity index is 464. The Balaban J connectivity index is 2.17. The maximum absolute atomic E-state index is 5.48. The molecule has 3 nitrogen and oxygen atoms in total. The second-order valence-electron chi connectivity index (χ2n) is 6.83. The van der Waals surface area contributed by atoms with Crippen LogP contribution in [0.2, 0.25) is 0 Å². The predicted octanol–water partition coefficient (Wildman–Crippen LogP) is 3.95. The first-order valence-corrected chi connectivity index (χ1v) is 8.50. The number of hydrogen-bond donors (Lipinski definition) is 1. The minimum Gasteiger partial charge on any atom is -0.381 e. The van der Waals surface area contributed by atoms with E-state index in [1.54, 1.807) is 0 Å². The fourth-order valence-corrected chi connectivity index (χ4v) is 3.08. The zero-order valence-electron chi connectivity index (χ0n) is 13.6. The Morgan fingerprint density at radius 2 is 1.95 bits per heavy atom. The molecule has 1 heterocycles. The number of halogens is 1. The third kappa shape index (κ3) is 4.97. The van der Waals surface area contributed by atoms with Gasteiger partial charge in [-0.3, -0.25) is 0 Å². The fraction of sp³-hybridized carbons (Fsp3) is 0.647. The first-order chi connectivity index (χ1) is 9.87. The third-order valence-electron chi connectivity index (χ3n) is 3.97. The quantitative estimate of drug-likeness (QED) is 0.885. The van der Waals surface area contributed by atoms with Gasteiger partial charge in [0.25, 0.3) is 0 Å². The average Bonchev–Trinajstić information content (AvgIpc) is 2.45. The summed E-state index contributed by atoms with van der Waals surface area (Å²) in [6.45, 7) is 9.24. The highest BCUT2D eigenvalue weighted by atomic mass is 79.9. The summed E-state index contributed by atoms with van der Waals surface area (Å²) in [5, 5.41) is 3.59. The smallest absolute Gasteiger partial charge is 0.0485 e. The van der Waals surface area contributed by atoms with Crippen LogP contribution in [0, 0.1) is 0 Å². The molecule has 21 heavy (non-hydrogen) atoms. The normalized spacial score (nSPS) is 17.0. The Labute approximate surface area is 137 Å². The predicted molar refractivity (Wildman–Crippen MR) is 93.0 cm³/mol. The number of ether oxygens (including phenoxy) is 1. The van der Waals surface area contributed by atoms with Crippen LogP contribution < -0.4 is 10.2 Å². The van der Waals surface area contributed by atoms with Crippen LogP contribution in [0.25, 0.3) is 0 Å². The van der Waals surface area contributed by atoms with Crippen molar-refractivity contribution < 1.29 is 4.74 Å². The summed E-state index contributed by atoms with van der Waals surface area (Å²) in [6, 6.07) is 7.16. The summed E-state index contributed by atoms with van der Waals surface area (Å²) >= 11 is 3.60. The van der Waals surface area contributed by atoms with Gasteiger partial charge in [-0.05, 0) is 57.4 Å². The summed E-state index contributed by atoms with van der Waals surface area (Å²) in [5.41, 5.74) is 2.78. The van der Waals surface area contributed by atoms with Gasteiger partial charge in [-0.2, -0.15) is 0 Å². The minimum absolute atomic E-state index is 0.122. The van der Waals surface area contributed by atoms with Crippen LogP contribution >= 0.6 is 15.9 Å². The van der Waals surface area contributed by atoms with Crippen LogP contribution in [0.4, 0.5) is 5.69 Å². The van der Waals surface area contributed by atoms with E-state index in [0.717, 1.165) is 37.1 Å². The Morgan fingerprint density at radius 3 is 2.57 bits per heavy atom. The molecule has 0 amide bonds. The Morgan fingerprint density at radius 1 is 1.29 bits per heavy atom. The molecular weight excluding hydrogens is 328 g/mol. The highest BCUT2D eigenvalue weighted by Gasteiger charge is 2.21. The van der Waals surface area contributed by atoms with Crippen LogP contribution in [-0.4, -0.2) is 31.8 Å². The van der Waals surface area contributed by atoms with E-state index in [2.05, 4.69) is 72.2 Å². The van der Waals surface area contributed by atoms with Crippen LogP contribution in [-0.2, 0) is 11.3 Å². The number of benzene rings is 1. The van der Waals surface area contributed by atoms with Crippen molar-refractivity contribution in [2.75, 3.05) is 25.2 Å². The molecule has 0 radical (unpaired) electrons. The summed E-state index contributed by atoms with van der Waals surface area (Å²) < 4.78 is 6.62. The van der Waals surface area contributed by atoms with Gasteiger partial charge in [-0.1, -0.05) is 15.9 Å². The number of nitrogens with one attached hydrogen (secondary N) is 1. The number of rotatable bonds is 4. The summed E-state index contributed by atoms with van der Waals surface area (Å²) in [5.74, 6) is 0. The van der Waals surface area contributed by atoms with E-state index in [-0.39, 0.29) is 5.54 Å². The molecule has 0 saturated carbocycles. The van der Waals surface area contributed by atoms with Gasteiger partial charge in [0.2, 0.25) is 0 Å². The molecule has 0 unspecified atom stereocenters. The first kappa shape index (κ1) is 16.8. The van der Waals surface area contributed by atoms with Gasteiger partial charge in [-0.25, -0.2) is 0 Å². The fourth-order valence-electron chi connectivity index (χ4n) is 2.67. The number of anilines is 1. The topological polar surface area (TPSA) is 24.5 Å². The maximum Gasteiger partial charge on any atom is 0.0485 e. The lowest BCUT2D eigenvalue weighted by molar-refractivity contribution is 0.0854. The molecule has 0 bridgehead atoms. The van der Waals surface area contributed by atoms with Crippen molar-refractivity contribution >= 4 is 21.6 Å². The van der Waals surface area contributed by atoms with Gasteiger partial charge < -0.3 is 15.0 Å². The molecule has 1 aliphatic heterocycles. The highest BCUT2D eigenvalue weighted by molar-refractivity contribution is 9.10. The summed E-state index contributed by atoms with van der Waals surface area (Å²) in [6.07, 6.45) is 2.22. The molecule has 4 heteroatoms. The Kier molecular flexibility index (Phi) is 5.69. The zero-order chi connectivity index (χ0) is 15.5. The van der Waals surface area contributed by atoms with E-state index < -0.39 is 0 Å². The van der Waals surface area contributed by atoms with Crippen LogP contribution in [0.15, 0.2) is 22.7 Å². The highest BCUT2D eigenvalue weighted by Crippen LogP contribution is 2.28.